The first kappa shape index (κ1) is 39.0. The van der Waals surface area contributed by atoms with Crippen molar-refractivity contribution in [3.05, 3.63) is 11.6 Å². The van der Waals surface area contributed by atoms with E-state index in [2.05, 4.69) is 47.6 Å². The van der Waals surface area contributed by atoms with Gasteiger partial charge < -0.3 is 5.11 Å². The zero-order valence-corrected chi connectivity index (χ0v) is 32.4. The molecule has 2 heteroatoms. The molecule has 0 aliphatic heterocycles. The van der Waals surface area contributed by atoms with Crippen molar-refractivity contribution < 1.29 is 9.90 Å². The predicted octanol–water partition coefficient (Wildman–Crippen LogP) is 14.2. The van der Waals surface area contributed by atoms with Crippen molar-refractivity contribution in [2.45, 2.75) is 208 Å². The number of rotatable bonds is 22. The molecule has 0 saturated heterocycles. The second-order valence-electron chi connectivity index (χ2n) is 18.6. The first-order valence-electron chi connectivity index (χ1n) is 21.5. The van der Waals surface area contributed by atoms with Gasteiger partial charge in [0.25, 0.3) is 0 Å². The van der Waals surface area contributed by atoms with Crippen LogP contribution in [0.4, 0.5) is 0 Å². The summed E-state index contributed by atoms with van der Waals surface area (Å²) in [5.41, 5.74) is 3.02. The maximum Gasteiger partial charge on any atom is 0.303 e. The van der Waals surface area contributed by atoms with Gasteiger partial charge >= 0.3 is 5.97 Å². The Morgan fingerprint density at radius 3 is 2.00 bits per heavy atom. The fourth-order valence-electron chi connectivity index (χ4n) is 12.3. The summed E-state index contributed by atoms with van der Waals surface area (Å²) in [5, 5.41) is 8.72. The smallest absolute Gasteiger partial charge is 0.303 e. The maximum atomic E-state index is 10.6. The lowest BCUT2D eigenvalue weighted by molar-refractivity contribution is -0.137. The van der Waals surface area contributed by atoms with E-state index in [-0.39, 0.29) is 0 Å². The molecule has 0 radical (unpaired) electrons. The van der Waals surface area contributed by atoms with Crippen LogP contribution in [0.2, 0.25) is 0 Å². The summed E-state index contributed by atoms with van der Waals surface area (Å²) in [5.74, 6) is 6.84. The van der Waals surface area contributed by atoms with Gasteiger partial charge in [0.1, 0.15) is 0 Å². The molecule has 272 valence electrons. The SMILES string of the molecule is CC[C@H](CC[C@@H](C)[C@H]1CC[C@H]2[C@@H]3CC=C4CC(CCCCCCCCCCCCCCCC(=O)O)CC[C@]4(C)[C@H]3CC[C@]12C)C(C)C. The second-order valence-corrected chi connectivity index (χ2v) is 18.6. The Bertz CT molecular complexity index is 950. The van der Waals surface area contributed by atoms with E-state index in [0.29, 0.717) is 17.3 Å². The lowest BCUT2D eigenvalue weighted by Crippen LogP contribution is -2.50. The number of hydrogen-bond donors (Lipinski definition) is 1. The first-order valence-corrected chi connectivity index (χ1v) is 21.5. The Labute approximate surface area is 293 Å². The van der Waals surface area contributed by atoms with Crippen LogP contribution in [0.15, 0.2) is 11.6 Å². The number of unbranched alkanes of at least 4 members (excludes halogenated alkanes) is 12. The zero-order chi connectivity index (χ0) is 33.9. The summed E-state index contributed by atoms with van der Waals surface area (Å²) >= 11 is 0. The number of fused-ring (bicyclic) bond motifs is 5. The van der Waals surface area contributed by atoms with Crippen LogP contribution in [0, 0.1) is 58.2 Å². The number of aliphatic carboxylic acids is 1. The van der Waals surface area contributed by atoms with Crippen molar-refractivity contribution in [2.75, 3.05) is 0 Å². The third kappa shape index (κ3) is 10.4. The van der Waals surface area contributed by atoms with Crippen LogP contribution in [0.1, 0.15) is 208 Å². The Morgan fingerprint density at radius 2 is 1.40 bits per heavy atom. The molecule has 2 nitrogen and oxygen atoms in total. The van der Waals surface area contributed by atoms with E-state index in [4.69, 9.17) is 5.11 Å². The van der Waals surface area contributed by atoms with Gasteiger partial charge in [-0.1, -0.05) is 150 Å². The molecule has 0 bridgehead atoms. The minimum atomic E-state index is -0.646. The highest BCUT2D eigenvalue weighted by Crippen LogP contribution is 2.67. The third-order valence-corrected chi connectivity index (χ3v) is 15.4. The zero-order valence-electron chi connectivity index (χ0n) is 32.4. The minimum Gasteiger partial charge on any atom is -0.481 e. The van der Waals surface area contributed by atoms with E-state index in [9.17, 15) is 4.79 Å². The summed E-state index contributed by atoms with van der Waals surface area (Å²) in [4.78, 5) is 10.6. The Kier molecular flexibility index (Phi) is 15.8. The van der Waals surface area contributed by atoms with E-state index in [1.165, 1.54) is 148 Å². The molecular formula is C45H80O2. The minimum absolute atomic E-state index is 0.345. The molecule has 3 fully saturated rings. The van der Waals surface area contributed by atoms with Crippen molar-refractivity contribution in [1.29, 1.82) is 0 Å². The lowest BCUT2D eigenvalue weighted by Gasteiger charge is -2.58. The summed E-state index contributed by atoms with van der Waals surface area (Å²) in [6.45, 7) is 15.4. The number of carbonyl (C=O) groups is 1. The van der Waals surface area contributed by atoms with Gasteiger partial charge in [-0.3, -0.25) is 4.79 Å². The largest absolute Gasteiger partial charge is 0.481 e. The normalized spacial score (nSPS) is 33.2. The fraction of sp³-hybridized carbons (Fsp3) is 0.933. The van der Waals surface area contributed by atoms with Gasteiger partial charge in [-0.25, -0.2) is 0 Å². The van der Waals surface area contributed by atoms with Crippen molar-refractivity contribution in [3.8, 4) is 0 Å². The molecule has 9 atom stereocenters. The van der Waals surface area contributed by atoms with Gasteiger partial charge in [-0.2, -0.15) is 0 Å². The highest BCUT2D eigenvalue weighted by atomic mass is 16.4. The quantitative estimate of drug-likeness (QED) is 0.0933. The van der Waals surface area contributed by atoms with E-state index in [1.54, 1.807) is 0 Å². The molecule has 0 amide bonds. The molecule has 1 unspecified atom stereocenters. The van der Waals surface area contributed by atoms with Gasteiger partial charge in [-0.15, -0.1) is 0 Å². The summed E-state index contributed by atoms with van der Waals surface area (Å²) < 4.78 is 0. The predicted molar refractivity (Wildman–Crippen MR) is 203 cm³/mol. The van der Waals surface area contributed by atoms with Gasteiger partial charge in [0.2, 0.25) is 0 Å². The van der Waals surface area contributed by atoms with E-state index < -0.39 is 5.97 Å². The molecule has 4 aliphatic carbocycles. The molecule has 0 aromatic rings. The topological polar surface area (TPSA) is 37.3 Å². The lowest BCUT2D eigenvalue weighted by atomic mass is 9.46. The average molecular weight is 653 g/mol. The van der Waals surface area contributed by atoms with E-state index in [1.807, 2.05) is 5.57 Å². The molecule has 0 spiro atoms. The van der Waals surface area contributed by atoms with Gasteiger partial charge in [-0.05, 0) is 122 Å². The van der Waals surface area contributed by atoms with Crippen LogP contribution in [-0.4, -0.2) is 11.1 Å². The Morgan fingerprint density at radius 1 is 0.787 bits per heavy atom. The van der Waals surface area contributed by atoms with E-state index >= 15 is 0 Å². The van der Waals surface area contributed by atoms with Crippen LogP contribution >= 0.6 is 0 Å². The highest BCUT2D eigenvalue weighted by Gasteiger charge is 2.59. The van der Waals surface area contributed by atoms with Crippen molar-refractivity contribution in [3.63, 3.8) is 0 Å². The number of carboxylic acid groups (broad SMARTS) is 1. The fourth-order valence-corrected chi connectivity index (χ4v) is 12.3. The summed E-state index contributed by atoms with van der Waals surface area (Å²) in [6, 6.07) is 0. The molecular weight excluding hydrogens is 572 g/mol. The van der Waals surface area contributed by atoms with Crippen LogP contribution < -0.4 is 0 Å². The molecule has 47 heavy (non-hydrogen) atoms. The van der Waals surface area contributed by atoms with Crippen molar-refractivity contribution >= 4 is 5.97 Å². The van der Waals surface area contributed by atoms with Gasteiger partial charge in [0.15, 0.2) is 0 Å². The van der Waals surface area contributed by atoms with Crippen LogP contribution in [0.5, 0.6) is 0 Å². The summed E-state index contributed by atoms with van der Waals surface area (Å²) in [7, 11) is 0. The number of allylic oxidation sites excluding steroid dienone is 2. The van der Waals surface area contributed by atoms with Crippen molar-refractivity contribution in [2.24, 2.45) is 58.2 Å². The molecule has 0 aromatic carbocycles. The van der Waals surface area contributed by atoms with Crippen LogP contribution in [0.3, 0.4) is 0 Å². The molecule has 4 rings (SSSR count). The monoisotopic (exact) mass is 653 g/mol. The summed E-state index contributed by atoms with van der Waals surface area (Å²) in [6.07, 6.45) is 37.9. The van der Waals surface area contributed by atoms with Crippen LogP contribution in [0.25, 0.3) is 0 Å². The molecule has 4 aliphatic rings. The molecule has 3 saturated carbocycles. The standard InChI is InChI=1S/C45H80O2/c1-7-37(34(2)3)24-23-35(4)40-27-28-41-39-26-25-38-33-36(29-31-44(38,5)42(39)30-32-45(40,41)6)21-19-17-15-13-11-9-8-10-12-14-16-18-20-22-43(46)47/h25,34-37,39-42H,7-24,26-33H2,1-6H3,(H,46,47)/t35-,36?,37-,39+,40-,41+,42+,44+,45-/m1/s1. The third-order valence-electron chi connectivity index (χ3n) is 15.4. The van der Waals surface area contributed by atoms with Crippen molar-refractivity contribution in [1.82, 2.24) is 0 Å². The maximum absolute atomic E-state index is 10.6. The molecule has 0 aromatic heterocycles. The second kappa shape index (κ2) is 19.0. The molecule has 0 heterocycles. The van der Waals surface area contributed by atoms with Gasteiger partial charge in [0.05, 0.1) is 0 Å². The number of hydrogen-bond acceptors (Lipinski definition) is 1. The molecule has 1 N–H and O–H groups in total. The van der Waals surface area contributed by atoms with E-state index in [0.717, 1.165) is 60.2 Å². The van der Waals surface area contributed by atoms with Gasteiger partial charge in [0, 0.05) is 6.42 Å². The Hall–Kier alpha value is -0.790. The van der Waals surface area contributed by atoms with Crippen LogP contribution in [-0.2, 0) is 4.79 Å². The highest BCUT2D eigenvalue weighted by molar-refractivity contribution is 5.66. The first-order chi connectivity index (χ1) is 22.6. The Balaban J connectivity index is 1.12. The average Bonchev–Trinajstić information content (AvgIpc) is 3.40. The number of carboxylic acids is 1.